The standard InChI is InChI=1S/C19H22F3N3/c20-19(21,22)16-3-7-18(8-4-16)25-13-11-24(12-14-25)10-9-15-1-5-17(23)6-2-15/h1-8H,9-14,23H2. The Balaban J connectivity index is 1.49. The van der Waals surface area contributed by atoms with Gasteiger partial charge in [0.15, 0.2) is 0 Å². The highest BCUT2D eigenvalue weighted by atomic mass is 19.4. The molecule has 3 rings (SSSR count). The number of benzene rings is 2. The highest BCUT2D eigenvalue weighted by Gasteiger charge is 2.30. The van der Waals surface area contributed by atoms with Crippen LogP contribution in [0.2, 0.25) is 0 Å². The van der Waals surface area contributed by atoms with Gasteiger partial charge in [-0.15, -0.1) is 0 Å². The Kier molecular flexibility index (Phi) is 5.18. The van der Waals surface area contributed by atoms with E-state index in [1.54, 1.807) is 12.1 Å². The topological polar surface area (TPSA) is 32.5 Å². The van der Waals surface area contributed by atoms with Crippen molar-refractivity contribution in [3.8, 4) is 0 Å². The second-order valence-electron chi connectivity index (χ2n) is 6.36. The third-order valence-corrected chi connectivity index (χ3v) is 4.63. The minimum atomic E-state index is -4.28. The van der Waals surface area contributed by atoms with Gasteiger partial charge in [0.1, 0.15) is 0 Å². The Morgan fingerprint density at radius 2 is 1.44 bits per heavy atom. The summed E-state index contributed by atoms with van der Waals surface area (Å²) in [7, 11) is 0. The lowest BCUT2D eigenvalue weighted by Crippen LogP contribution is -2.47. The van der Waals surface area contributed by atoms with E-state index < -0.39 is 11.7 Å². The molecule has 0 saturated carbocycles. The Hall–Kier alpha value is -2.21. The molecule has 6 heteroatoms. The van der Waals surface area contributed by atoms with Gasteiger partial charge in [0.25, 0.3) is 0 Å². The van der Waals surface area contributed by atoms with Gasteiger partial charge in [0.05, 0.1) is 5.56 Å². The first-order valence-electron chi connectivity index (χ1n) is 8.41. The lowest BCUT2D eigenvalue weighted by Gasteiger charge is -2.36. The van der Waals surface area contributed by atoms with E-state index in [-0.39, 0.29) is 0 Å². The van der Waals surface area contributed by atoms with Crippen LogP contribution < -0.4 is 10.6 Å². The minimum absolute atomic E-state index is 0.599. The largest absolute Gasteiger partial charge is 0.416 e. The second kappa shape index (κ2) is 7.35. The monoisotopic (exact) mass is 349 g/mol. The second-order valence-corrected chi connectivity index (χ2v) is 6.36. The van der Waals surface area contributed by atoms with Crippen molar-refractivity contribution in [1.29, 1.82) is 0 Å². The summed E-state index contributed by atoms with van der Waals surface area (Å²) >= 11 is 0. The van der Waals surface area contributed by atoms with Gasteiger partial charge in [-0.2, -0.15) is 13.2 Å². The van der Waals surface area contributed by atoms with Crippen LogP contribution in [0.3, 0.4) is 0 Å². The number of halogens is 3. The normalized spacial score (nSPS) is 16.2. The van der Waals surface area contributed by atoms with Crippen LogP contribution in [0.15, 0.2) is 48.5 Å². The molecule has 2 aromatic carbocycles. The molecule has 1 fully saturated rings. The molecule has 25 heavy (non-hydrogen) atoms. The number of rotatable bonds is 4. The molecule has 1 heterocycles. The van der Waals surface area contributed by atoms with Crippen molar-refractivity contribution in [2.45, 2.75) is 12.6 Å². The fourth-order valence-corrected chi connectivity index (χ4v) is 3.06. The summed E-state index contributed by atoms with van der Waals surface area (Å²) in [6.07, 6.45) is -3.31. The molecule has 2 aromatic rings. The summed E-state index contributed by atoms with van der Waals surface area (Å²) < 4.78 is 37.9. The summed E-state index contributed by atoms with van der Waals surface area (Å²) in [5.41, 5.74) is 7.98. The van der Waals surface area contributed by atoms with Crippen LogP contribution in [-0.2, 0) is 12.6 Å². The van der Waals surface area contributed by atoms with Crippen molar-refractivity contribution >= 4 is 11.4 Å². The van der Waals surface area contributed by atoms with E-state index >= 15 is 0 Å². The SMILES string of the molecule is Nc1ccc(CCN2CCN(c3ccc(C(F)(F)F)cc3)CC2)cc1. The van der Waals surface area contributed by atoms with Gasteiger partial charge in [0, 0.05) is 44.1 Å². The van der Waals surface area contributed by atoms with Gasteiger partial charge in [-0.3, -0.25) is 4.90 Å². The molecule has 0 bridgehead atoms. The highest BCUT2D eigenvalue weighted by Crippen LogP contribution is 2.30. The van der Waals surface area contributed by atoms with Gasteiger partial charge < -0.3 is 10.6 Å². The number of hydrogen-bond acceptors (Lipinski definition) is 3. The highest BCUT2D eigenvalue weighted by molar-refractivity contribution is 5.48. The molecular formula is C19H22F3N3. The molecule has 1 saturated heterocycles. The predicted octanol–water partition coefficient (Wildman–Crippen LogP) is 3.65. The van der Waals surface area contributed by atoms with Crippen molar-refractivity contribution < 1.29 is 13.2 Å². The van der Waals surface area contributed by atoms with E-state index in [2.05, 4.69) is 9.80 Å². The Morgan fingerprint density at radius 1 is 0.840 bits per heavy atom. The maximum absolute atomic E-state index is 12.6. The molecular weight excluding hydrogens is 327 g/mol. The summed E-state index contributed by atoms with van der Waals surface area (Å²) in [5, 5.41) is 0. The lowest BCUT2D eigenvalue weighted by atomic mass is 10.1. The van der Waals surface area contributed by atoms with Gasteiger partial charge in [-0.1, -0.05) is 12.1 Å². The third-order valence-electron chi connectivity index (χ3n) is 4.63. The predicted molar refractivity (Wildman–Crippen MR) is 94.7 cm³/mol. The smallest absolute Gasteiger partial charge is 0.399 e. The molecule has 1 aliphatic rings. The van der Waals surface area contributed by atoms with Crippen LogP contribution in [0.4, 0.5) is 24.5 Å². The van der Waals surface area contributed by atoms with Crippen LogP contribution in [0.25, 0.3) is 0 Å². The summed E-state index contributed by atoms with van der Waals surface area (Å²) in [4.78, 5) is 4.52. The molecule has 0 aromatic heterocycles. The summed E-state index contributed by atoms with van der Waals surface area (Å²) in [5.74, 6) is 0. The van der Waals surface area contributed by atoms with Gasteiger partial charge in [0.2, 0.25) is 0 Å². The number of anilines is 2. The maximum atomic E-state index is 12.6. The first-order chi connectivity index (χ1) is 11.9. The fourth-order valence-electron chi connectivity index (χ4n) is 3.06. The van der Waals surface area contributed by atoms with Crippen LogP contribution in [0.1, 0.15) is 11.1 Å². The van der Waals surface area contributed by atoms with Crippen molar-refractivity contribution in [2.24, 2.45) is 0 Å². The van der Waals surface area contributed by atoms with Crippen LogP contribution in [0.5, 0.6) is 0 Å². The van der Waals surface area contributed by atoms with Crippen LogP contribution >= 0.6 is 0 Å². The van der Waals surface area contributed by atoms with E-state index in [0.29, 0.717) is 0 Å². The minimum Gasteiger partial charge on any atom is -0.399 e. The number of alkyl halides is 3. The lowest BCUT2D eigenvalue weighted by molar-refractivity contribution is -0.137. The Morgan fingerprint density at radius 3 is 2.00 bits per heavy atom. The number of nitrogens with two attached hydrogens (primary N) is 1. The van der Waals surface area contributed by atoms with E-state index in [0.717, 1.165) is 62.7 Å². The third kappa shape index (κ3) is 4.66. The molecule has 0 spiro atoms. The molecule has 0 atom stereocenters. The molecule has 0 aliphatic carbocycles. The van der Waals surface area contributed by atoms with Gasteiger partial charge in [-0.25, -0.2) is 0 Å². The number of nitrogens with zero attached hydrogens (tertiary/aromatic N) is 2. The van der Waals surface area contributed by atoms with Crippen LogP contribution in [-0.4, -0.2) is 37.6 Å². The van der Waals surface area contributed by atoms with Crippen molar-refractivity contribution in [2.75, 3.05) is 43.4 Å². The molecule has 0 radical (unpaired) electrons. The van der Waals surface area contributed by atoms with E-state index in [9.17, 15) is 13.2 Å². The summed E-state index contributed by atoms with van der Waals surface area (Å²) in [6, 6.07) is 13.4. The molecule has 1 aliphatic heterocycles. The van der Waals surface area contributed by atoms with Crippen molar-refractivity contribution in [3.63, 3.8) is 0 Å². The average molecular weight is 349 g/mol. The Labute approximate surface area is 145 Å². The van der Waals surface area contributed by atoms with E-state index in [1.165, 1.54) is 5.56 Å². The number of nitrogen functional groups attached to an aromatic ring is 1. The quantitative estimate of drug-likeness (QED) is 0.855. The fraction of sp³-hybridized carbons (Fsp3) is 0.368. The molecule has 3 nitrogen and oxygen atoms in total. The first-order valence-corrected chi connectivity index (χ1v) is 8.41. The maximum Gasteiger partial charge on any atom is 0.416 e. The molecule has 2 N–H and O–H groups in total. The van der Waals surface area contributed by atoms with Crippen LogP contribution in [0, 0.1) is 0 Å². The van der Waals surface area contributed by atoms with Gasteiger partial charge in [-0.05, 0) is 48.4 Å². The van der Waals surface area contributed by atoms with E-state index in [1.807, 2.05) is 24.3 Å². The molecule has 134 valence electrons. The first kappa shape index (κ1) is 17.6. The zero-order valence-electron chi connectivity index (χ0n) is 14.0. The number of hydrogen-bond donors (Lipinski definition) is 1. The van der Waals surface area contributed by atoms with E-state index in [4.69, 9.17) is 5.73 Å². The van der Waals surface area contributed by atoms with Crippen molar-refractivity contribution in [3.05, 3.63) is 59.7 Å². The van der Waals surface area contributed by atoms with Crippen molar-refractivity contribution in [1.82, 2.24) is 4.90 Å². The zero-order valence-corrected chi connectivity index (χ0v) is 14.0. The van der Waals surface area contributed by atoms with Gasteiger partial charge >= 0.3 is 6.18 Å². The Bertz CT molecular complexity index is 673. The average Bonchev–Trinajstić information content (AvgIpc) is 2.61. The molecule has 0 unspecified atom stereocenters. The summed E-state index contributed by atoms with van der Waals surface area (Å²) in [6.45, 7) is 4.46. The molecule has 0 amide bonds. The number of piperazine rings is 1. The zero-order chi connectivity index (χ0) is 17.9.